The normalized spacial score (nSPS) is 18.2. The van der Waals surface area contributed by atoms with E-state index in [1.165, 1.54) is 18.4 Å². The Hall–Kier alpha value is -1.06. The average Bonchev–Trinajstić information content (AvgIpc) is 2.43. The molecule has 3 nitrogen and oxygen atoms in total. The van der Waals surface area contributed by atoms with Gasteiger partial charge in [-0.1, -0.05) is 31.0 Å². The first kappa shape index (κ1) is 13.4. The molecule has 0 aromatic heterocycles. The highest BCUT2D eigenvalue weighted by Gasteiger charge is 2.19. The van der Waals surface area contributed by atoms with Gasteiger partial charge in [0, 0.05) is 24.6 Å². The molecule has 1 aliphatic heterocycles. The van der Waals surface area contributed by atoms with Crippen LogP contribution >= 0.6 is 0 Å². The summed E-state index contributed by atoms with van der Waals surface area (Å²) >= 11 is 0. The molecule has 2 N–H and O–H groups in total. The molecule has 1 heterocycles. The maximum absolute atomic E-state index is 8.71. The average molecular weight is 249 g/mol. The maximum Gasteiger partial charge on any atom is 0.124 e. The van der Waals surface area contributed by atoms with Crippen molar-refractivity contribution in [2.24, 2.45) is 0 Å². The highest BCUT2D eigenvalue weighted by Crippen LogP contribution is 2.31. The van der Waals surface area contributed by atoms with Crippen LogP contribution in [0.4, 0.5) is 0 Å². The van der Waals surface area contributed by atoms with Gasteiger partial charge in [-0.25, -0.2) is 0 Å². The van der Waals surface area contributed by atoms with Crippen LogP contribution < -0.4 is 10.1 Å². The van der Waals surface area contributed by atoms with Crippen LogP contribution in [0, 0.1) is 0 Å². The molecule has 1 aliphatic rings. The zero-order chi connectivity index (χ0) is 12.6. The number of benzene rings is 1. The van der Waals surface area contributed by atoms with E-state index in [0.717, 1.165) is 38.2 Å². The zero-order valence-electron chi connectivity index (χ0n) is 10.9. The summed E-state index contributed by atoms with van der Waals surface area (Å²) in [6.07, 6.45) is 5.48. The van der Waals surface area contributed by atoms with Crippen molar-refractivity contribution < 1.29 is 9.84 Å². The van der Waals surface area contributed by atoms with Crippen LogP contribution in [0.2, 0.25) is 0 Å². The first-order valence-electron chi connectivity index (χ1n) is 6.98. The fraction of sp³-hybridized carbons (Fsp3) is 0.600. The van der Waals surface area contributed by atoms with Crippen molar-refractivity contribution in [1.29, 1.82) is 0 Å². The first-order valence-corrected chi connectivity index (χ1v) is 6.98. The van der Waals surface area contributed by atoms with Crippen LogP contribution in [0.5, 0.6) is 5.75 Å². The second-order valence-electron chi connectivity index (χ2n) is 4.82. The Balaban J connectivity index is 1.74. The molecule has 0 aliphatic carbocycles. The van der Waals surface area contributed by atoms with Crippen LogP contribution in [0.15, 0.2) is 24.3 Å². The topological polar surface area (TPSA) is 41.5 Å². The fourth-order valence-corrected chi connectivity index (χ4v) is 2.42. The summed E-state index contributed by atoms with van der Waals surface area (Å²) in [4.78, 5) is 0. The lowest BCUT2D eigenvalue weighted by molar-refractivity contribution is 0.252. The lowest BCUT2D eigenvalue weighted by Gasteiger charge is -2.26. The third-order valence-corrected chi connectivity index (χ3v) is 3.43. The van der Waals surface area contributed by atoms with Crippen molar-refractivity contribution in [2.45, 2.75) is 38.1 Å². The van der Waals surface area contributed by atoms with Crippen LogP contribution in [0.25, 0.3) is 0 Å². The lowest BCUT2D eigenvalue weighted by Crippen LogP contribution is -2.27. The number of rotatable bonds is 7. The molecule has 18 heavy (non-hydrogen) atoms. The van der Waals surface area contributed by atoms with Gasteiger partial charge in [-0.05, 0) is 25.5 Å². The number of para-hydroxylation sites is 1. The van der Waals surface area contributed by atoms with E-state index >= 15 is 0 Å². The van der Waals surface area contributed by atoms with E-state index in [0.29, 0.717) is 12.6 Å². The Kier molecular flexibility index (Phi) is 5.49. The summed E-state index contributed by atoms with van der Waals surface area (Å²) in [5.41, 5.74) is 1.29. The SMILES string of the molecule is OCCCCCCNC1CCOc2ccccc21. The van der Waals surface area contributed by atoms with Gasteiger partial charge in [0.25, 0.3) is 0 Å². The van der Waals surface area contributed by atoms with E-state index in [2.05, 4.69) is 17.4 Å². The van der Waals surface area contributed by atoms with Crippen molar-refractivity contribution in [3.05, 3.63) is 29.8 Å². The summed E-state index contributed by atoms with van der Waals surface area (Å²) in [7, 11) is 0. The first-order chi connectivity index (χ1) is 8.92. The third-order valence-electron chi connectivity index (χ3n) is 3.43. The van der Waals surface area contributed by atoms with Gasteiger partial charge in [0.2, 0.25) is 0 Å². The molecule has 1 atom stereocenters. The van der Waals surface area contributed by atoms with E-state index in [1.807, 2.05) is 12.1 Å². The molecular weight excluding hydrogens is 226 g/mol. The van der Waals surface area contributed by atoms with Gasteiger partial charge in [-0.2, -0.15) is 0 Å². The van der Waals surface area contributed by atoms with E-state index in [4.69, 9.17) is 9.84 Å². The molecule has 2 rings (SSSR count). The maximum atomic E-state index is 8.71. The fourth-order valence-electron chi connectivity index (χ4n) is 2.42. The van der Waals surface area contributed by atoms with Crippen LogP contribution in [0.1, 0.15) is 43.7 Å². The minimum Gasteiger partial charge on any atom is -0.493 e. The molecular formula is C15H23NO2. The van der Waals surface area contributed by atoms with E-state index in [1.54, 1.807) is 0 Å². The molecule has 0 saturated heterocycles. The van der Waals surface area contributed by atoms with E-state index in [9.17, 15) is 0 Å². The molecule has 1 aromatic rings. The number of fused-ring (bicyclic) bond motifs is 1. The Morgan fingerprint density at radius 2 is 2.00 bits per heavy atom. The molecule has 0 fully saturated rings. The summed E-state index contributed by atoms with van der Waals surface area (Å²) in [5, 5.41) is 12.3. The molecule has 0 spiro atoms. The predicted molar refractivity (Wildman–Crippen MR) is 72.9 cm³/mol. The second kappa shape index (κ2) is 7.39. The number of hydrogen-bond donors (Lipinski definition) is 2. The van der Waals surface area contributed by atoms with E-state index in [-0.39, 0.29) is 0 Å². The lowest BCUT2D eigenvalue weighted by atomic mass is 10.0. The summed E-state index contributed by atoms with van der Waals surface area (Å²) < 4.78 is 5.65. The number of unbranched alkanes of at least 4 members (excludes halogenated alkanes) is 3. The van der Waals surface area contributed by atoms with Crippen LogP contribution in [0.3, 0.4) is 0 Å². The molecule has 1 unspecified atom stereocenters. The Morgan fingerprint density at radius 3 is 2.89 bits per heavy atom. The minimum absolute atomic E-state index is 0.320. The largest absolute Gasteiger partial charge is 0.493 e. The van der Waals surface area contributed by atoms with Crippen molar-refractivity contribution in [3.8, 4) is 5.75 Å². The van der Waals surface area contributed by atoms with Crippen molar-refractivity contribution in [3.63, 3.8) is 0 Å². The molecule has 1 aromatic carbocycles. The third kappa shape index (κ3) is 3.72. The van der Waals surface area contributed by atoms with Crippen molar-refractivity contribution in [1.82, 2.24) is 5.32 Å². The zero-order valence-corrected chi connectivity index (χ0v) is 10.9. The number of aliphatic hydroxyl groups excluding tert-OH is 1. The molecule has 0 amide bonds. The summed E-state index contributed by atoms with van der Waals surface area (Å²) in [6.45, 7) is 2.17. The van der Waals surface area contributed by atoms with Gasteiger partial charge in [0.05, 0.1) is 6.61 Å². The predicted octanol–water partition coefficient (Wildman–Crippen LogP) is 2.65. The van der Waals surface area contributed by atoms with Gasteiger partial charge in [-0.15, -0.1) is 0 Å². The second-order valence-corrected chi connectivity index (χ2v) is 4.82. The van der Waals surface area contributed by atoms with Crippen molar-refractivity contribution in [2.75, 3.05) is 19.8 Å². The van der Waals surface area contributed by atoms with Gasteiger partial charge in [0.15, 0.2) is 0 Å². The van der Waals surface area contributed by atoms with Crippen LogP contribution in [-0.2, 0) is 0 Å². The highest BCUT2D eigenvalue weighted by molar-refractivity contribution is 5.37. The number of hydrogen-bond acceptors (Lipinski definition) is 3. The van der Waals surface area contributed by atoms with Crippen molar-refractivity contribution >= 4 is 0 Å². The number of nitrogens with one attached hydrogen (secondary N) is 1. The van der Waals surface area contributed by atoms with E-state index < -0.39 is 0 Å². The van der Waals surface area contributed by atoms with Gasteiger partial charge >= 0.3 is 0 Å². The number of ether oxygens (including phenoxy) is 1. The molecule has 3 heteroatoms. The summed E-state index contributed by atoms with van der Waals surface area (Å²) in [6, 6.07) is 8.73. The monoisotopic (exact) mass is 249 g/mol. The molecule has 0 bridgehead atoms. The Labute approximate surface area is 109 Å². The molecule has 0 saturated carbocycles. The standard InChI is InChI=1S/C15H23NO2/c17-11-6-2-1-5-10-16-14-9-12-18-15-8-4-3-7-13(14)15/h3-4,7-8,14,16-17H,1-2,5-6,9-12H2. The minimum atomic E-state index is 0.320. The number of aliphatic hydroxyl groups is 1. The van der Waals surface area contributed by atoms with Crippen LogP contribution in [-0.4, -0.2) is 24.9 Å². The molecule has 0 radical (unpaired) electrons. The molecule has 100 valence electrons. The van der Waals surface area contributed by atoms with Gasteiger partial charge < -0.3 is 15.2 Å². The highest BCUT2D eigenvalue weighted by atomic mass is 16.5. The smallest absolute Gasteiger partial charge is 0.124 e. The summed E-state index contributed by atoms with van der Waals surface area (Å²) in [5.74, 6) is 1.03. The quantitative estimate of drug-likeness (QED) is 0.730. The Bertz CT molecular complexity index is 354. The Morgan fingerprint density at radius 1 is 1.17 bits per heavy atom. The van der Waals surface area contributed by atoms with Gasteiger partial charge in [0.1, 0.15) is 5.75 Å². The van der Waals surface area contributed by atoms with Gasteiger partial charge in [-0.3, -0.25) is 0 Å².